The molecule has 0 bridgehead atoms. The van der Waals surface area contributed by atoms with Crippen LogP contribution in [-0.4, -0.2) is 38.3 Å². The van der Waals surface area contributed by atoms with E-state index in [0.717, 1.165) is 24.0 Å². The number of amides is 1. The second kappa shape index (κ2) is 8.71. The molecule has 1 fully saturated rings. The lowest BCUT2D eigenvalue weighted by Crippen LogP contribution is -2.45. The number of carbonyl (C=O) groups excluding carboxylic acids is 1. The van der Waals surface area contributed by atoms with Gasteiger partial charge in [0.2, 0.25) is 15.9 Å². The highest BCUT2D eigenvalue weighted by atomic mass is 32.2. The molecule has 0 saturated carbocycles. The van der Waals surface area contributed by atoms with E-state index in [0.29, 0.717) is 49.0 Å². The lowest BCUT2D eigenvalue weighted by atomic mass is 9.94. The van der Waals surface area contributed by atoms with Crippen molar-refractivity contribution in [1.82, 2.24) is 4.31 Å². The van der Waals surface area contributed by atoms with Crippen LogP contribution < -0.4 is 4.90 Å². The third kappa shape index (κ3) is 4.39. The number of anilines is 1. The van der Waals surface area contributed by atoms with Crippen LogP contribution in [0.15, 0.2) is 47.4 Å². The molecule has 2 aliphatic heterocycles. The highest BCUT2D eigenvalue weighted by Gasteiger charge is 2.35. The third-order valence-corrected chi connectivity index (χ3v) is 8.33. The topological polar surface area (TPSA) is 57.7 Å². The largest absolute Gasteiger partial charge is 0.312 e. The zero-order chi connectivity index (χ0) is 22.2. The highest BCUT2D eigenvalue weighted by Crippen LogP contribution is 2.32. The van der Waals surface area contributed by atoms with Crippen molar-refractivity contribution in [3.63, 3.8) is 0 Å². The maximum absolute atomic E-state index is 13.8. The predicted octanol–water partition coefficient (Wildman–Crippen LogP) is 4.33. The number of hydrogen-bond donors (Lipinski definition) is 0. The van der Waals surface area contributed by atoms with Gasteiger partial charge in [0.05, 0.1) is 4.90 Å². The number of nitrogens with zero attached hydrogens (tertiary/aromatic N) is 2. The zero-order valence-electron chi connectivity index (χ0n) is 18.1. The Labute approximate surface area is 183 Å². The van der Waals surface area contributed by atoms with Gasteiger partial charge in [-0.1, -0.05) is 32.0 Å². The summed E-state index contributed by atoms with van der Waals surface area (Å²) < 4.78 is 41.3. The maximum atomic E-state index is 13.8. The third-order valence-electron chi connectivity index (χ3n) is 6.42. The van der Waals surface area contributed by atoms with Crippen molar-refractivity contribution >= 4 is 21.6 Å². The molecule has 7 heteroatoms. The minimum Gasteiger partial charge on any atom is -0.312 e. The monoisotopic (exact) mass is 444 g/mol. The van der Waals surface area contributed by atoms with Gasteiger partial charge in [0, 0.05) is 31.2 Å². The molecule has 2 aromatic rings. The Morgan fingerprint density at radius 3 is 2.35 bits per heavy atom. The average Bonchev–Trinajstić information content (AvgIpc) is 2.78. The summed E-state index contributed by atoms with van der Waals surface area (Å²) >= 11 is 0. The van der Waals surface area contributed by atoms with Crippen molar-refractivity contribution in [1.29, 1.82) is 0 Å². The van der Waals surface area contributed by atoms with Gasteiger partial charge in [-0.3, -0.25) is 4.79 Å². The number of aryl methyl sites for hydroxylation is 1. The summed E-state index contributed by atoms with van der Waals surface area (Å²) in [7, 11) is -3.57. The number of carbonyl (C=O) groups is 1. The molecule has 0 aromatic heterocycles. The minimum atomic E-state index is -3.57. The molecular formula is C24H29FN2O3S. The van der Waals surface area contributed by atoms with Gasteiger partial charge in [0.25, 0.3) is 0 Å². The van der Waals surface area contributed by atoms with Crippen molar-refractivity contribution in [2.45, 2.75) is 50.3 Å². The summed E-state index contributed by atoms with van der Waals surface area (Å²) in [4.78, 5) is 15.2. The van der Waals surface area contributed by atoms with Crippen molar-refractivity contribution in [3.05, 3.63) is 59.4 Å². The van der Waals surface area contributed by atoms with Gasteiger partial charge in [-0.05, 0) is 67.0 Å². The Kier molecular flexibility index (Phi) is 6.17. The number of sulfonamides is 1. The lowest BCUT2D eigenvalue weighted by Gasteiger charge is -2.36. The van der Waals surface area contributed by atoms with E-state index in [-0.39, 0.29) is 17.6 Å². The maximum Gasteiger partial charge on any atom is 0.243 e. The van der Waals surface area contributed by atoms with E-state index in [2.05, 4.69) is 13.8 Å². The Hall–Kier alpha value is -2.25. The smallest absolute Gasteiger partial charge is 0.243 e. The molecule has 31 heavy (non-hydrogen) atoms. The molecular weight excluding hydrogens is 415 g/mol. The number of hydrogen-bond acceptors (Lipinski definition) is 3. The molecule has 0 spiro atoms. The summed E-state index contributed by atoms with van der Waals surface area (Å²) in [5.41, 5.74) is 2.75. The number of fused-ring (bicyclic) bond motifs is 1. The molecule has 4 rings (SSSR count). The highest BCUT2D eigenvalue weighted by molar-refractivity contribution is 7.89. The van der Waals surface area contributed by atoms with Crippen molar-refractivity contribution in [2.75, 3.05) is 24.5 Å². The Bertz CT molecular complexity index is 1060. The van der Waals surface area contributed by atoms with Crippen LogP contribution in [0, 0.1) is 11.7 Å². The molecule has 1 saturated heterocycles. The van der Waals surface area contributed by atoms with E-state index in [1.165, 1.54) is 16.4 Å². The van der Waals surface area contributed by atoms with Gasteiger partial charge < -0.3 is 4.90 Å². The van der Waals surface area contributed by atoms with Crippen LogP contribution in [0.3, 0.4) is 0 Å². The summed E-state index contributed by atoms with van der Waals surface area (Å²) in [6, 6.07) is 11.7. The molecule has 0 atom stereocenters. The van der Waals surface area contributed by atoms with Crippen LogP contribution in [0.1, 0.15) is 50.2 Å². The molecule has 2 heterocycles. The number of halogens is 1. The van der Waals surface area contributed by atoms with Crippen LogP contribution in [0.2, 0.25) is 0 Å². The first-order valence-corrected chi connectivity index (χ1v) is 12.4. The van der Waals surface area contributed by atoms with E-state index in [4.69, 9.17) is 0 Å². The van der Waals surface area contributed by atoms with Crippen molar-refractivity contribution in [2.24, 2.45) is 5.92 Å². The number of rotatable bonds is 4. The first kappa shape index (κ1) is 22.0. The quantitative estimate of drug-likeness (QED) is 0.705. The van der Waals surface area contributed by atoms with Gasteiger partial charge in [-0.25, -0.2) is 12.8 Å². The second-order valence-corrected chi connectivity index (χ2v) is 10.7. The van der Waals surface area contributed by atoms with Crippen molar-refractivity contribution in [3.8, 4) is 0 Å². The molecule has 5 nitrogen and oxygen atoms in total. The number of benzene rings is 2. The molecule has 2 aromatic carbocycles. The molecule has 0 unspecified atom stereocenters. The standard InChI is InChI=1S/C24H29FN2O3S/c1-17(2)18-6-9-22(10-7-18)31(29,30)26-14-11-20(12-15-26)24(28)27-13-3-4-19-5-8-21(25)16-23(19)27/h5-10,16-17,20H,3-4,11-15H2,1-2H3. The first-order valence-electron chi connectivity index (χ1n) is 11.0. The van der Waals surface area contributed by atoms with Gasteiger partial charge in [-0.2, -0.15) is 4.31 Å². The molecule has 0 radical (unpaired) electrons. The van der Waals surface area contributed by atoms with Gasteiger partial charge >= 0.3 is 0 Å². The molecule has 1 amide bonds. The van der Waals surface area contributed by atoms with Crippen LogP contribution in [-0.2, 0) is 21.2 Å². The second-order valence-electron chi connectivity index (χ2n) is 8.77. The fourth-order valence-electron chi connectivity index (χ4n) is 4.51. The summed E-state index contributed by atoms with van der Waals surface area (Å²) in [6.45, 7) is 5.35. The lowest BCUT2D eigenvalue weighted by molar-refractivity contribution is -0.123. The fraction of sp³-hybridized carbons (Fsp3) is 0.458. The fourth-order valence-corrected chi connectivity index (χ4v) is 5.98. The van der Waals surface area contributed by atoms with Gasteiger partial charge in [0.15, 0.2) is 0 Å². The van der Waals surface area contributed by atoms with Crippen LogP contribution >= 0.6 is 0 Å². The van der Waals surface area contributed by atoms with E-state index in [1.807, 2.05) is 12.1 Å². The van der Waals surface area contributed by atoms with E-state index in [1.54, 1.807) is 23.1 Å². The molecule has 166 valence electrons. The average molecular weight is 445 g/mol. The normalized spacial score (nSPS) is 18.3. The van der Waals surface area contributed by atoms with Gasteiger partial charge in [-0.15, -0.1) is 0 Å². The Balaban J connectivity index is 1.44. The first-order chi connectivity index (χ1) is 14.8. The van der Waals surface area contributed by atoms with Gasteiger partial charge in [0.1, 0.15) is 5.82 Å². The van der Waals surface area contributed by atoms with Crippen LogP contribution in [0.5, 0.6) is 0 Å². The zero-order valence-corrected chi connectivity index (χ0v) is 18.9. The Morgan fingerprint density at radius 2 is 1.71 bits per heavy atom. The Morgan fingerprint density at radius 1 is 1.03 bits per heavy atom. The predicted molar refractivity (Wildman–Crippen MR) is 119 cm³/mol. The summed E-state index contributed by atoms with van der Waals surface area (Å²) in [5.74, 6) is -0.274. The number of piperidine rings is 1. The molecule has 0 N–H and O–H groups in total. The SMILES string of the molecule is CC(C)c1ccc(S(=O)(=O)N2CCC(C(=O)N3CCCc4ccc(F)cc43)CC2)cc1. The molecule has 0 aliphatic carbocycles. The minimum absolute atomic E-state index is 0.0233. The summed E-state index contributed by atoms with van der Waals surface area (Å²) in [6.07, 6.45) is 2.64. The van der Waals surface area contributed by atoms with E-state index >= 15 is 0 Å². The van der Waals surface area contributed by atoms with Crippen molar-refractivity contribution < 1.29 is 17.6 Å². The molecule has 2 aliphatic rings. The van der Waals surface area contributed by atoms with Crippen LogP contribution in [0.25, 0.3) is 0 Å². The summed E-state index contributed by atoms with van der Waals surface area (Å²) in [5, 5.41) is 0. The van der Waals surface area contributed by atoms with E-state index < -0.39 is 10.0 Å². The van der Waals surface area contributed by atoms with E-state index in [9.17, 15) is 17.6 Å². The van der Waals surface area contributed by atoms with Crippen LogP contribution in [0.4, 0.5) is 10.1 Å².